The Morgan fingerprint density at radius 3 is 2.67 bits per heavy atom. The average molecular weight is 321 g/mol. The predicted molar refractivity (Wildman–Crippen MR) is 84.9 cm³/mol. The van der Waals surface area contributed by atoms with Crippen LogP contribution < -0.4 is 5.32 Å². The van der Waals surface area contributed by atoms with Gasteiger partial charge in [-0.1, -0.05) is 0 Å². The Hall–Kier alpha value is -0.360. The number of piperidine rings is 1. The molecule has 1 amide bonds. The zero-order valence-electron chi connectivity index (χ0n) is 13.2. The van der Waals surface area contributed by atoms with Crippen molar-refractivity contribution >= 4 is 18.3 Å². The lowest BCUT2D eigenvalue weighted by Crippen LogP contribution is -2.52. The van der Waals surface area contributed by atoms with Gasteiger partial charge in [-0.25, -0.2) is 0 Å². The maximum Gasteiger partial charge on any atom is 0.231 e. The van der Waals surface area contributed by atoms with Crippen LogP contribution in [0.25, 0.3) is 0 Å². The van der Waals surface area contributed by atoms with Gasteiger partial charge in [0.05, 0.1) is 18.1 Å². The smallest absolute Gasteiger partial charge is 0.231 e. The van der Waals surface area contributed by atoms with Crippen LogP contribution in [0.1, 0.15) is 32.6 Å². The molecule has 5 nitrogen and oxygen atoms in total. The van der Waals surface area contributed by atoms with E-state index in [1.807, 2.05) is 4.90 Å². The summed E-state index contributed by atoms with van der Waals surface area (Å²) in [6, 6.07) is 0. The molecule has 0 aliphatic carbocycles. The van der Waals surface area contributed by atoms with E-state index in [-0.39, 0.29) is 29.8 Å². The topological polar surface area (TPSA) is 50.8 Å². The van der Waals surface area contributed by atoms with Gasteiger partial charge < -0.3 is 19.7 Å². The van der Waals surface area contributed by atoms with Crippen molar-refractivity contribution in [3.05, 3.63) is 0 Å². The Balaban J connectivity index is 0.00000220. The zero-order chi connectivity index (χ0) is 14.4. The molecule has 124 valence electrons. The fourth-order valence-corrected chi connectivity index (χ4v) is 3.33. The van der Waals surface area contributed by atoms with E-state index in [1.165, 1.54) is 0 Å². The molecule has 2 heterocycles. The fourth-order valence-electron chi connectivity index (χ4n) is 3.33. The standard InChI is InChI=1S/C15H28N2O3.ClH/c1-3-17(11-13-5-4-10-20-13)14(18)15(12-19-2)6-8-16-9-7-15;/h13,16H,3-12H2,1-2H3;1H. The molecule has 21 heavy (non-hydrogen) atoms. The summed E-state index contributed by atoms with van der Waals surface area (Å²) in [7, 11) is 1.69. The number of amides is 1. The van der Waals surface area contributed by atoms with Gasteiger partial charge in [-0.15, -0.1) is 12.4 Å². The average Bonchev–Trinajstić information content (AvgIpc) is 2.98. The molecule has 1 N–H and O–H groups in total. The Morgan fingerprint density at radius 2 is 2.14 bits per heavy atom. The van der Waals surface area contributed by atoms with Gasteiger partial charge in [0.25, 0.3) is 0 Å². The zero-order valence-corrected chi connectivity index (χ0v) is 14.0. The first-order valence-corrected chi connectivity index (χ1v) is 7.82. The quantitative estimate of drug-likeness (QED) is 0.805. The van der Waals surface area contributed by atoms with Crippen molar-refractivity contribution < 1.29 is 14.3 Å². The van der Waals surface area contributed by atoms with Crippen molar-refractivity contribution in [2.24, 2.45) is 5.41 Å². The molecule has 2 aliphatic rings. The number of likely N-dealkylation sites (N-methyl/N-ethyl adjacent to an activating group) is 1. The van der Waals surface area contributed by atoms with E-state index >= 15 is 0 Å². The van der Waals surface area contributed by atoms with Crippen LogP contribution in [0.3, 0.4) is 0 Å². The SMILES string of the molecule is CCN(CC1CCCO1)C(=O)C1(COC)CCNCC1.Cl. The predicted octanol–water partition coefficient (Wildman–Crippen LogP) is 1.45. The van der Waals surface area contributed by atoms with Crippen LogP contribution in [0, 0.1) is 5.41 Å². The van der Waals surface area contributed by atoms with Crippen LogP contribution in [0.5, 0.6) is 0 Å². The molecule has 0 spiro atoms. The van der Waals surface area contributed by atoms with E-state index in [0.29, 0.717) is 6.61 Å². The summed E-state index contributed by atoms with van der Waals surface area (Å²) in [6.07, 6.45) is 4.13. The highest BCUT2D eigenvalue weighted by Gasteiger charge is 2.42. The van der Waals surface area contributed by atoms with Crippen molar-refractivity contribution in [2.75, 3.05) is 46.5 Å². The number of nitrogens with one attached hydrogen (secondary N) is 1. The van der Waals surface area contributed by atoms with Gasteiger partial charge in [-0.2, -0.15) is 0 Å². The summed E-state index contributed by atoms with van der Waals surface area (Å²) in [5, 5.41) is 3.33. The minimum absolute atomic E-state index is 0. The minimum atomic E-state index is -0.339. The molecular formula is C15H29ClN2O3. The first kappa shape index (κ1) is 18.7. The highest BCUT2D eigenvalue weighted by molar-refractivity contribution is 5.85. The molecule has 0 aromatic rings. The first-order valence-electron chi connectivity index (χ1n) is 7.82. The molecule has 2 fully saturated rings. The van der Waals surface area contributed by atoms with Crippen molar-refractivity contribution in [2.45, 2.75) is 38.7 Å². The third kappa shape index (κ3) is 4.55. The van der Waals surface area contributed by atoms with Gasteiger partial charge in [-0.05, 0) is 45.7 Å². The molecule has 1 atom stereocenters. The van der Waals surface area contributed by atoms with Gasteiger partial charge in [0, 0.05) is 26.8 Å². The lowest BCUT2D eigenvalue weighted by Gasteiger charge is -2.39. The largest absolute Gasteiger partial charge is 0.384 e. The third-order valence-corrected chi connectivity index (χ3v) is 4.55. The lowest BCUT2D eigenvalue weighted by atomic mass is 9.78. The maximum atomic E-state index is 13.0. The molecule has 0 aromatic carbocycles. The van der Waals surface area contributed by atoms with Gasteiger partial charge in [0.1, 0.15) is 0 Å². The number of nitrogens with zero attached hydrogens (tertiary/aromatic N) is 1. The minimum Gasteiger partial charge on any atom is -0.384 e. The second kappa shape index (κ2) is 8.93. The Kier molecular flexibility index (Phi) is 7.95. The van der Waals surface area contributed by atoms with Gasteiger partial charge in [0.15, 0.2) is 0 Å². The molecule has 2 aliphatic heterocycles. The highest BCUT2D eigenvalue weighted by Crippen LogP contribution is 2.32. The second-order valence-electron chi connectivity index (χ2n) is 5.94. The Morgan fingerprint density at radius 1 is 1.43 bits per heavy atom. The van der Waals surface area contributed by atoms with E-state index in [9.17, 15) is 4.79 Å². The van der Waals surface area contributed by atoms with Crippen LogP contribution in [0.4, 0.5) is 0 Å². The lowest BCUT2D eigenvalue weighted by molar-refractivity contribution is -0.149. The monoisotopic (exact) mass is 320 g/mol. The Labute approximate surface area is 134 Å². The van der Waals surface area contributed by atoms with E-state index < -0.39 is 0 Å². The molecule has 0 bridgehead atoms. The molecule has 0 saturated carbocycles. The summed E-state index contributed by atoms with van der Waals surface area (Å²) in [4.78, 5) is 15.0. The molecule has 2 saturated heterocycles. The molecule has 6 heteroatoms. The van der Waals surface area contributed by atoms with E-state index in [4.69, 9.17) is 9.47 Å². The summed E-state index contributed by atoms with van der Waals surface area (Å²) < 4.78 is 11.0. The fraction of sp³-hybridized carbons (Fsp3) is 0.933. The van der Waals surface area contributed by atoms with Gasteiger partial charge in [-0.3, -0.25) is 4.79 Å². The van der Waals surface area contributed by atoms with E-state index in [1.54, 1.807) is 7.11 Å². The summed E-state index contributed by atoms with van der Waals surface area (Å²) >= 11 is 0. The van der Waals surface area contributed by atoms with Crippen molar-refractivity contribution in [1.82, 2.24) is 10.2 Å². The number of carbonyl (C=O) groups excluding carboxylic acids is 1. The number of carbonyl (C=O) groups is 1. The second-order valence-corrected chi connectivity index (χ2v) is 5.94. The van der Waals surface area contributed by atoms with Crippen LogP contribution in [-0.4, -0.2) is 63.4 Å². The molecule has 0 aromatic heterocycles. The maximum absolute atomic E-state index is 13.0. The number of hydrogen-bond donors (Lipinski definition) is 1. The molecule has 0 radical (unpaired) electrons. The highest BCUT2D eigenvalue weighted by atomic mass is 35.5. The van der Waals surface area contributed by atoms with Crippen molar-refractivity contribution in [1.29, 1.82) is 0 Å². The summed E-state index contributed by atoms with van der Waals surface area (Å²) in [5.41, 5.74) is -0.339. The van der Waals surface area contributed by atoms with Crippen LogP contribution >= 0.6 is 12.4 Å². The van der Waals surface area contributed by atoms with Crippen molar-refractivity contribution in [3.63, 3.8) is 0 Å². The Bertz CT molecular complexity index is 311. The summed E-state index contributed by atoms with van der Waals surface area (Å²) in [6.45, 7) is 6.68. The number of hydrogen-bond acceptors (Lipinski definition) is 4. The number of methoxy groups -OCH3 is 1. The molecule has 1 unspecified atom stereocenters. The first-order chi connectivity index (χ1) is 9.72. The summed E-state index contributed by atoms with van der Waals surface area (Å²) in [5.74, 6) is 0.249. The number of ether oxygens (including phenoxy) is 2. The third-order valence-electron chi connectivity index (χ3n) is 4.55. The van der Waals surface area contributed by atoms with Crippen LogP contribution in [-0.2, 0) is 14.3 Å². The van der Waals surface area contributed by atoms with E-state index in [2.05, 4.69) is 12.2 Å². The van der Waals surface area contributed by atoms with Crippen molar-refractivity contribution in [3.8, 4) is 0 Å². The van der Waals surface area contributed by atoms with Crippen LogP contribution in [0.15, 0.2) is 0 Å². The van der Waals surface area contributed by atoms with Crippen LogP contribution in [0.2, 0.25) is 0 Å². The molecular weight excluding hydrogens is 292 g/mol. The molecule has 2 rings (SSSR count). The number of halogens is 1. The van der Waals surface area contributed by atoms with Gasteiger partial charge >= 0.3 is 0 Å². The van der Waals surface area contributed by atoms with E-state index in [0.717, 1.165) is 58.5 Å². The normalized spacial score (nSPS) is 24.4. The van der Waals surface area contributed by atoms with Gasteiger partial charge in [0.2, 0.25) is 5.91 Å². The number of rotatable bonds is 6.